The molecule has 2 fully saturated rings. The van der Waals surface area contributed by atoms with E-state index in [1.807, 2.05) is 0 Å². The topological polar surface area (TPSA) is 74.8 Å². The maximum Gasteiger partial charge on any atom is 0.289 e. The van der Waals surface area contributed by atoms with E-state index in [0.29, 0.717) is 6.42 Å². The lowest BCUT2D eigenvalue weighted by atomic mass is 10.2. The fourth-order valence-corrected chi connectivity index (χ4v) is 4.98. The van der Waals surface area contributed by atoms with Crippen LogP contribution >= 0.6 is 11.8 Å². The summed E-state index contributed by atoms with van der Waals surface area (Å²) in [6.07, 6.45) is 0.367. The molecule has 9 heteroatoms. The first-order chi connectivity index (χ1) is 10.4. The number of benzene rings is 1. The van der Waals surface area contributed by atoms with E-state index in [2.05, 4.69) is 0 Å². The van der Waals surface area contributed by atoms with E-state index in [0.717, 1.165) is 27.0 Å². The van der Waals surface area contributed by atoms with Gasteiger partial charge in [-0.2, -0.15) is 4.31 Å². The Bertz CT molecular complexity index is 721. The molecule has 2 heterocycles. The highest BCUT2D eigenvalue weighted by molar-refractivity contribution is 8.14. The molecule has 0 radical (unpaired) electrons. The van der Waals surface area contributed by atoms with Crippen molar-refractivity contribution < 1.29 is 22.4 Å². The molecule has 6 nitrogen and oxygen atoms in total. The van der Waals surface area contributed by atoms with Crippen molar-refractivity contribution in [3.8, 4) is 0 Å². The largest absolute Gasteiger partial charge is 0.289 e. The van der Waals surface area contributed by atoms with E-state index in [9.17, 15) is 22.4 Å². The number of halogens is 1. The molecule has 0 spiro atoms. The molecular formula is C13H13FN2O4S2. The van der Waals surface area contributed by atoms with Gasteiger partial charge in [0.05, 0.1) is 11.8 Å². The average Bonchev–Trinajstić information content (AvgIpc) is 3.06. The third-order valence-corrected chi connectivity index (χ3v) is 6.46. The number of sulfonamides is 1. The number of rotatable bonds is 3. The summed E-state index contributed by atoms with van der Waals surface area (Å²) in [6, 6.07) is 4.69. The molecule has 0 N–H and O–H groups in total. The van der Waals surface area contributed by atoms with Gasteiger partial charge in [-0.25, -0.2) is 12.8 Å². The fraction of sp³-hybridized carbons (Fsp3) is 0.385. The molecule has 1 aromatic carbocycles. The van der Waals surface area contributed by atoms with Gasteiger partial charge in [0, 0.05) is 13.1 Å². The van der Waals surface area contributed by atoms with Crippen LogP contribution in [0.15, 0.2) is 29.2 Å². The first-order valence-electron chi connectivity index (χ1n) is 6.65. The van der Waals surface area contributed by atoms with E-state index in [1.54, 1.807) is 0 Å². The summed E-state index contributed by atoms with van der Waals surface area (Å²) in [5.41, 5.74) is 0. The zero-order valence-electron chi connectivity index (χ0n) is 11.4. The first kappa shape index (κ1) is 15.4. The van der Waals surface area contributed by atoms with Crippen molar-refractivity contribution in [2.24, 2.45) is 0 Å². The lowest BCUT2D eigenvalue weighted by Crippen LogP contribution is -2.41. The third-order valence-electron chi connectivity index (χ3n) is 3.73. The molecule has 2 amide bonds. The number of hydrogen-bond acceptors (Lipinski definition) is 5. The number of imide groups is 1. The molecule has 0 saturated carbocycles. The molecule has 1 aromatic rings. The van der Waals surface area contributed by atoms with Gasteiger partial charge in [-0.05, 0) is 18.6 Å². The minimum Gasteiger partial charge on any atom is -0.273 e. The van der Waals surface area contributed by atoms with E-state index in [1.165, 1.54) is 18.2 Å². The van der Waals surface area contributed by atoms with Gasteiger partial charge in [-0.15, -0.1) is 0 Å². The highest BCUT2D eigenvalue weighted by Crippen LogP contribution is 2.29. The van der Waals surface area contributed by atoms with Crippen LogP contribution in [-0.4, -0.2) is 53.7 Å². The second-order valence-corrected chi connectivity index (χ2v) is 7.89. The van der Waals surface area contributed by atoms with Crippen molar-refractivity contribution in [3.05, 3.63) is 30.1 Å². The van der Waals surface area contributed by atoms with Crippen molar-refractivity contribution in [1.29, 1.82) is 0 Å². The van der Waals surface area contributed by atoms with Crippen LogP contribution in [-0.2, 0) is 14.8 Å². The highest BCUT2D eigenvalue weighted by Gasteiger charge is 2.42. The summed E-state index contributed by atoms with van der Waals surface area (Å²) in [5, 5.41) is -0.347. The Balaban J connectivity index is 1.82. The lowest BCUT2D eigenvalue weighted by molar-refractivity contribution is -0.126. The van der Waals surface area contributed by atoms with Crippen LogP contribution in [0, 0.1) is 5.82 Å². The predicted octanol–water partition coefficient (Wildman–Crippen LogP) is 1.28. The summed E-state index contributed by atoms with van der Waals surface area (Å²) in [4.78, 5) is 24.1. The number of carbonyl (C=O) groups is 2. The van der Waals surface area contributed by atoms with E-state index in [-0.39, 0.29) is 34.9 Å². The summed E-state index contributed by atoms with van der Waals surface area (Å²) < 4.78 is 39.8. The van der Waals surface area contributed by atoms with Crippen LogP contribution in [0.2, 0.25) is 0 Å². The second-order valence-electron chi connectivity index (χ2n) is 5.05. The van der Waals surface area contributed by atoms with Crippen LogP contribution in [0.4, 0.5) is 9.18 Å². The number of amides is 2. The second kappa shape index (κ2) is 5.64. The third kappa shape index (κ3) is 2.53. The van der Waals surface area contributed by atoms with Crippen LogP contribution in [0.3, 0.4) is 0 Å². The van der Waals surface area contributed by atoms with Crippen molar-refractivity contribution in [2.75, 3.05) is 18.8 Å². The molecule has 0 aromatic heterocycles. The molecule has 1 atom stereocenters. The fourth-order valence-electron chi connectivity index (χ4n) is 2.65. The highest BCUT2D eigenvalue weighted by atomic mass is 32.2. The van der Waals surface area contributed by atoms with Gasteiger partial charge in [0.1, 0.15) is 10.7 Å². The molecule has 0 bridgehead atoms. The molecule has 2 aliphatic heterocycles. The van der Waals surface area contributed by atoms with Gasteiger partial charge >= 0.3 is 0 Å². The number of nitrogens with zero attached hydrogens (tertiary/aromatic N) is 2. The minimum absolute atomic E-state index is 0.00864. The Labute approximate surface area is 131 Å². The summed E-state index contributed by atoms with van der Waals surface area (Å²) in [7, 11) is -3.96. The zero-order chi connectivity index (χ0) is 15.9. The van der Waals surface area contributed by atoms with E-state index >= 15 is 0 Å². The molecule has 2 saturated heterocycles. The van der Waals surface area contributed by atoms with Gasteiger partial charge in [-0.1, -0.05) is 23.9 Å². The Kier molecular flexibility index (Phi) is 3.96. The molecule has 22 heavy (non-hydrogen) atoms. The normalized spacial score (nSPS) is 23.5. The molecule has 2 aliphatic rings. The maximum atomic E-state index is 13.7. The number of carbonyl (C=O) groups excluding carboxylic acids is 2. The van der Waals surface area contributed by atoms with E-state index in [4.69, 9.17) is 0 Å². The smallest absolute Gasteiger partial charge is 0.273 e. The predicted molar refractivity (Wildman–Crippen MR) is 78.3 cm³/mol. The molecule has 0 aliphatic carbocycles. The number of thioether (sulfide) groups is 1. The maximum absolute atomic E-state index is 13.7. The van der Waals surface area contributed by atoms with Gasteiger partial charge in [-0.3, -0.25) is 14.5 Å². The standard InChI is InChI=1S/C13H13FN2O4S2/c14-10-3-1-2-4-11(10)22(19,20)15-6-5-9(7-15)16-12(17)8-21-13(16)18/h1-4,9H,5-8H2/t9-/m1/s1. The average molecular weight is 344 g/mol. The molecule has 3 rings (SSSR count). The van der Waals surface area contributed by atoms with Crippen LogP contribution in [0.1, 0.15) is 6.42 Å². The van der Waals surface area contributed by atoms with Gasteiger partial charge in [0.15, 0.2) is 0 Å². The SMILES string of the molecule is O=C1CSC(=O)N1[C@@H]1CCN(S(=O)(=O)c2ccccc2F)C1. The first-order valence-corrected chi connectivity index (χ1v) is 9.07. The van der Waals surface area contributed by atoms with Crippen LogP contribution in [0.25, 0.3) is 0 Å². The van der Waals surface area contributed by atoms with Crippen molar-refractivity contribution in [3.63, 3.8) is 0 Å². The number of hydrogen-bond donors (Lipinski definition) is 0. The van der Waals surface area contributed by atoms with Crippen LogP contribution < -0.4 is 0 Å². The zero-order valence-corrected chi connectivity index (χ0v) is 13.1. The van der Waals surface area contributed by atoms with Crippen LogP contribution in [0.5, 0.6) is 0 Å². The Morgan fingerprint density at radius 2 is 1.95 bits per heavy atom. The lowest BCUT2D eigenvalue weighted by Gasteiger charge is -2.21. The van der Waals surface area contributed by atoms with Gasteiger partial charge < -0.3 is 0 Å². The molecular weight excluding hydrogens is 331 g/mol. The molecule has 118 valence electrons. The van der Waals surface area contributed by atoms with E-state index < -0.39 is 21.9 Å². The summed E-state index contributed by atoms with van der Waals surface area (Å²) >= 11 is 0.917. The van der Waals surface area contributed by atoms with Crippen molar-refractivity contribution in [2.45, 2.75) is 17.4 Å². The van der Waals surface area contributed by atoms with Crippen molar-refractivity contribution >= 4 is 32.9 Å². The minimum atomic E-state index is -3.96. The Morgan fingerprint density at radius 1 is 1.23 bits per heavy atom. The Hall–Kier alpha value is -1.45. The summed E-state index contributed by atoms with van der Waals surface area (Å²) in [5.74, 6) is -1.02. The monoisotopic (exact) mass is 344 g/mol. The van der Waals surface area contributed by atoms with Crippen molar-refractivity contribution in [1.82, 2.24) is 9.21 Å². The summed E-state index contributed by atoms with van der Waals surface area (Å²) in [6.45, 7) is 0.164. The quantitative estimate of drug-likeness (QED) is 0.826. The van der Waals surface area contributed by atoms with Gasteiger partial charge in [0.2, 0.25) is 15.9 Å². The van der Waals surface area contributed by atoms with Gasteiger partial charge in [0.25, 0.3) is 5.24 Å². The Morgan fingerprint density at radius 3 is 2.59 bits per heavy atom. The molecule has 0 unspecified atom stereocenters.